The lowest BCUT2D eigenvalue weighted by Gasteiger charge is -2.09. The molecule has 1 rings (SSSR count). The maximum absolute atomic E-state index is 9.08. The largest absolute Gasteiger partial charge is 0.389 e. The monoisotopic (exact) mass is 197 g/mol. The van der Waals surface area contributed by atoms with Gasteiger partial charge in [0, 0.05) is 6.54 Å². The van der Waals surface area contributed by atoms with Crippen LogP contribution in [0.3, 0.4) is 0 Å². The Kier molecular flexibility index (Phi) is 4.39. The fourth-order valence-electron chi connectivity index (χ4n) is 0.894. The van der Waals surface area contributed by atoms with Crippen LogP contribution in [0.4, 0.5) is 0 Å². The second kappa shape index (κ2) is 5.59. The lowest BCUT2D eigenvalue weighted by Crippen LogP contribution is -2.25. The summed E-state index contributed by atoms with van der Waals surface area (Å²) in [5.41, 5.74) is 6.18. The van der Waals surface area contributed by atoms with Crippen LogP contribution in [0, 0.1) is 6.92 Å². The van der Waals surface area contributed by atoms with Gasteiger partial charge in [0.15, 0.2) is 5.75 Å². The van der Waals surface area contributed by atoms with Crippen molar-refractivity contribution in [3.8, 4) is 5.75 Å². The molecule has 0 saturated heterocycles. The predicted octanol–water partition coefficient (Wildman–Crippen LogP) is 0.625. The van der Waals surface area contributed by atoms with Crippen molar-refractivity contribution in [2.45, 2.75) is 13.0 Å². The molecule has 14 heavy (non-hydrogen) atoms. The maximum Gasteiger partial charge on any atom is 0.168 e. The molecule has 0 heterocycles. The number of hydrogen-bond acceptors (Lipinski definition) is 4. The molecule has 1 aromatic carbocycles. The number of aliphatic hydroxyl groups excluding tert-OH is 1. The van der Waals surface area contributed by atoms with E-state index in [-0.39, 0.29) is 13.2 Å². The summed E-state index contributed by atoms with van der Waals surface area (Å²) in [7, 11) is 0. The van der Waals surface area contributed by atoms with Crippen LogP contribution in [0.5, 0.6) is 5.75 Å². The molecule has 0 aromatic heterocycles. The van der Waals surface area contributed by atoms with Crippen molar-refractivity contribution < 1.29 is 14.9 Å². The topological polar surface area (TPSA) is 64.7 Å². The van der Waals surface area contributed by atoms with Gasteiger partial charge in [0.25, 0.3) is 0 Å². The molecule has 0 spiro atoms. The molecule has 0 aliphatic rings. The van der Waals surface area contributed by atoms with Crippen LogP contribution in [-0.2, 0) is 4.89 Å². The van der Waals surface area contributed by atoms with Crippen LogP contribution < -0.4 is 10.6 Å². The Morgan fingerprint density at radius 3 is 2.79 bits per heavy atom. The molecule has 1 aromatic rings. The highest BCUT2D eigenvalue weighted by Crippen LogP contribution is 2.16. The van der Waals surface area contributed by atoms with E-state index in [4.69, 9.17) is 20.6 Å². The number of nitrogens with two attached hydrogens (primary N) is 1. The van der Waals surface area contributed by atoms with Gasteiger partial charge in [-0.25, -0.2) is 0 Å². The van der Waals surface area contributed by atoms with E-state index in [1.807, 2.05) is 25.1 Å². The van der Waals surface area contributed by atoms with E-state index < -0.39 is 6.10 Å². The summed E-state index contributed by atoms with van der Waals surface area (Å²) >= 11 is 0. The van der Waals surface area contributed by atoms with Crippen LogP contribution in [0.15, 0.2) is 24.3 Å². The minimum atomic E-state index is -0.681. The molecular weight excluding hydrogens is 182 g/mol. The fraction of sp³-hybridized carbons (Fsp3) is 0.400. The van der Waals surface area contributed by atoms with Gasteiger partial charge in [0.1, 0.15) is 6.61 Å². The molecule has 4 heteroatoms. The van der Waals surface area contributed by atoms with Gasteiger partial charge in [-0.2, -0.15) is 4.89 Å². The van der Waals surface area contributed by atoms with Crippen LogP contribution in [0.1, 0.15) is 5.56 Å². The third kappa shape index (κ3) is 3.33. The van der Waals surface area contributed by atoms with Crippen LogP contribution in [0.2, 0.25) is 0 Å². The first-order chi connectivity index (χ1) is 6.74. The van der Waals surface area contributed by atoms with Crippen molar-refractivity contribution in [3.63, 3.8) is 0 Å². The predicted molar refractivity (Wildman–Crippen MR) is 52.8 cm³/mol. The first-order valence-electron chi connectivity index (χ1n) is 4.47. The van der Waals surface area contributed by atoms with E-state index >= 15 is 0 Å². The average Bonchev–Trinajstić information content (AvgIpc) is 2.20. The van der Waals surface area contributed by atoms with Gasteiger partial charge in [-0.05, 0) is 18.6 Å². The third-order valence-electron chi connectivity index (χ3n) is 1.77. The molecule has 1 atom stereocenters. The molecule has 0 fully saturated rings. The lowest BCUT2D eigenvalue weighted by molar-refractivity contribution is -0.222. The van der Waals surface area contributed by atoms with Crippen LogP contribution in [-0.4, -0.2) is 24.4 Å². The van der Waals surface area contributed by atoms with Crippen molar-refractivity contribution in [3.05, 3.63) is 29.8 Å². The molecule has 0 aliphatic heterocycles. The Balaban J connectivity index is 2.35. The number of aliphatic hydroxyl groups is 1. The molecule has 3 N–H and O–H groups in total. The highest BCUT2D eigenvalue weighted by molar-refractivity contribution is 5.31. The van der Waals surface area contributed by atoms with Gasteiger partial charge in [-0.3, -0.25) is 0 Å². The first kappa shape index (κ1) is 11.0. The average molecular weight is 197 g/mol. The van der Waals surface area contributed by atoms with Crippen molar-refractivity contribution in [2.75, 3.05) is 13.2 Å². The molecule has 1 unspecified atom stereocenters. The van der Waals surface area contributed by atoms with Gasteiger partial charge in [0.05, 0.1) is 6.10 Å². The Bertz CT molecular complexity index is 278. The summed E-state index contributed by atoms with van der Waals surface area (Å²) < 4.78 is 0. The quantitative estimate of drug-likeness (QED) is 0.536. The standard InChI is InChI=1S/C10H15NO3/c1-8-4-2-3-5-10(8)14-13-7-9(12)6-11/h2-5,9,12H,6-7,11H2,1H3. The second-order valence-electron chi connectivity index (χ2n) is 3.02. The minimum Gasteiger partial charge on any atom is -0.389 e. The summed E-state index contributed by atoms with van der Waals surface area (Å²) in [6.07, 6.45) is -0.681. The van der Waals surface area contributed by atoms with Gasteiger partial charge < -0.3 is 15.7 Å². The smallest absolute Gasteiger partial charge is 0.168 e. The Morgan fingerprint density at radius 2 is 2.14 bits per heavy atom. The maximum atomic E-state index is 9.08. The van der Waals surface area contributed by atoms with Gasteiger partial charge >= 0.3 is 0 Å². The minimum absolute atomic E-state index is 0.0742. The zero-order valence-corrected chi connectivity index (χ0v) is 8.14. The molecule has 4 nitrogen and oxygen atoms in total. The van der Waals surface area contributed by atoms with Crippen molar-refractivity contribution in [1.82, 2.24) is 0 Å². The van der Waals surface area contributed by atoms with E-state index in [0.29, 0.717) is 5.75 Å². The summed E-state index contributed by atoms with van der Waals surface area (Å²) in [5, 5.41) is 9.08. The van der Waals surface area contributed by atoms with Crippen LogP contribution in [0.25, 0.3) is 0 Å². The highest BCUT2D eigenvalue weighted by atomic mass is 17.2. The van der Waals surface area contributed by atoms with Gasteiger partial charge in [0.2, 0.25) is 0 Å². The zero-order valence-electron chi connectivity index (χ0n) is 8.14. The van der Waals surface area contributed by atoms with Gasteiger partial charge in [-0.15, -0.1) is 0 Å². The first-order valence-corrected chi connectivity index (χ1v) is 4.47. The summed E-state index contributed by atoms with van der Waals surface area (Å²) in [4.78, 5) is 9.82. The third-order valence-corrected chi connectivity index (χ3v) is 1.77. The molecular formula is C10H15NO3. The summed E-state index contributed by atoms with van der Waals surface area (Å²) in [6.45, 7) is 2.15. The SMILES string of the molecule is Cc1ccccc1OOCC(O)CN. The van der Waals surface area contributed by atoms with Crippen molar-refractivity contribution in [2.24, 2.45) is 5.73 Å². The Hall–Kier alpha value is -1.10. The Morgan fingerprint density at radius 1 is 1.43 bits per heavy atom. The number of aryl methyl sites for hydroxylation is 1. The number of rotatable bonds is 5. The normalized spacial score (nSPS) is 12.5. The molecule has 0 saturated carbocycles. The second-order valence-corrected chi connectivity index (χ2v) is 3.02. The fourth-order valence-corrected chi connectivity index (χ4v) is 0.894. The number of para-hydroxylation sites is 1. The summed E-state index contributed by atoms with van der Waals surface area (Å²) in [6, 6.07) is 7.48. The van der Waals surface area contributed by atoms with E-state index in [1.165, 1.54) is 0 Å². The number of benzene rings is 1. The molecule has 78 valence electrons. The zero-order chi connectivity index (χ0) is 10.4. The molecule has 0 aliphatic carbocycles. The molecule has 0 radical (unpaired) electrons. The van der Waals surface area contributed by atoms with E-state index in [2.05, 4.69) is 0 Å². The van der Waals surface area contributed by atoms with Crippen molar-refractivity contribution in [1.29, 1.82) is 0 Å². The van der Waals surface area contributed by atoms with Crippen LogP contribution >= 0.6 is 0 Å². The Labute approximate surface area is 83.2 Å². The summed E-state index contributed by atoms with van der Waals surface area (Å²) in [5.74, 6) is 0.650. The van der Waals surface area contributed by atoms with E-state index in [9.17, 15) is 0 Å². The highest BCUT2D eigenvalue weighted by Gasteiger charge is 2.03. The van der Waals surface area contributed by atoms with Gasteiger partial charge in [-0.1, -0.05) is 18.2 Å². The lowest BCUT2D eigenvalue weighted by atomic mass is 10.2. The molecule has 0 bridgehead atoms. The van der Waals surface area contributed by atoms with E-state index in [0.717, 1.165) is 5.56 Å². The molecule has 0 amide bonds. The number of hydrogen-bond donors (Lipinski definition) is 2. The van der Waals surface area contributed by atoms with E-state index in [1.54, 1.807) is 6.07 Å². The van der Waals surface area contributed by atoms with Crippen molar-refractivity contribution >= 4 is 0 Å².